The van der Waals surface area contributed by atoms with Crippen molar-refractivity contribution in [3.63, 3.8) is 0 Å². The molecule has 2 aromatic heterocycles. The molecule has 1 saturated heterocycles. The van der Waals surface area contributed by atoms with E-state index in [4.69, 9.17) is 4.52 Å². The number of carbonyl (C=O) groups is 2. The summed E-state index contributed by atoms with van der Waals surface area (Å²) in [6.45, 7) is 6.08. The number of aryl methyl sites for hydroxylation is 3. The van der Waals surface area contributed by atoms with E-state index in [1.165, 1.54) is 0 Å². The summed E-state index contributed by atoms with van der Waals surface area (Å²) in [7, 11) is 0. The second-order valence-electron chi connectivity index (χ2n) is 7.07. The molecule has 0 spiro atoms. The molecule has 8 nitrogen and oxygen atoms in total. The van der Waals surface area contributed by atoms with Crippen LogP contribution in [0.2, 0.25) is 0 Å². The average molecular weight is 379 g/mol. The maximum absolute atomic E-state index is 13.1. The first-order valence-electron chi connectivity index (χ1n) is 9.22. The van der Waals surface area contributed by atoms with Gasteiger partial charge in [-0.05, 0) is 51.8 Å². The van der Waals surface area contributed by atoms with Crippen molar-refractivity contribution in [3.05, 3.63) is 47.0 Å². The van der Waals surface area contributed by atoms with Crippen molar-refractivity contribution in [2.45, 2.75) is 39.7 Å². The van der Waals surface area contributed by atoms with Gasteiger partial charge in [-0.2, -0.15) is 0 Å². The molecule has 4 rings (SSSR count). The third-order valence-corrected chi connectivity index (χ3v) is 5.02. The van der Waals surface area contributed by atoms with Crippen LogP contribution < -0.4 is 5.32 Å². The lowest BCUT2D eigenvalue weighted by atomic mass is 10.1. The fourth-order valence-corrected chi connectivity index (χ4v) is 3.45. The zero-order valence-electron chi connectivity index (χ0n) is 16.0. The molecule has 1 aromatic carbocycles. The molecule has 0 saturated carbocycles. The Morgan fingerprint density at radius 2 is 1.86 bits per heavy atom. The van der Waals surface area contributed by atoms with Gasteiger partial charge in [-0.3, -0.25) is 9.59 Å². The summed E-state index contributed by atoms with van der Waals surface area (Å²) in [6, 6.07) is 6.38. The highest BCUT2D eigenvalue weighted by Crippen LogP contribution is 2.23. The van der Waals surface area contributed by atoms with Crippen molar-refractivity contribution in [1.82, 2.24) is 20.0 Å². The molecule has 1 aliphatic rings. The number of nitrogens with zero attached hydrogens (tertiary/aromatic N) is 4. The topological polar surface area (TPSA) is 101 Å². The van der Waals surface area contributed by atoms with Crippen molar-refractivity contribution in [1.29, 1.82) is 0 Å². The SMILES string of the molecule is Cc1cc(NC(=O)[C@@H]2CCCN2C(=O)c2ccc3nc(C)c(C)nc3c2)no1. The fraction of sp³-hybridized carbons (Fsp3) is 0.350. The molecule has 1 fully saturated rings. The number of fused-ring (bicyclic) bond motifs is 1. The number of hydrogen-bond donors (Lipinski definition) is 1. The van der Waals surface area contributed by atoms with Crippen molar-refractivity contribution >= 4 is 28.7 Å². The average Bonchev–Trinajstić information content (AvgIpc) is 3.31. The summed E-state index contributed by atoms with van der Waals surface area (Å²) in [5.41, 5.74) is 3.62. The molecule has 8 heteroatoms. The van der Waals surface area contributed by atoms with Crippen LogP contribution in [0.4, 0.5) is 5.82 Å². The Bertz CT molecular complexity index is 1070. The van der Waals surface area contributed by atoms with Gasteiger partial charge in [0.2, 0.25) is 5.91 Å². The molecular weight excluding hydrogens is 358 g/mol. The molecule has 0 radical (unpaired) electrons. The molecule has 28 heavy (non-hydrogen) atoms. The van der Waals surface area contributed by atoms with E-state index >= 15 is 0 Å². The highest BCUT2D eigenvalue weighted by molar-refractivity contribution is 6.02. The molecule has 2 amide bonds. The lowest BCUT2D eigenvalue weighted by Crippen LogP contribution is -2.43. The van der Waals surface area contributed by atoms with Crippen LogP contribution in [0.5, 0.6) is 0 Å². The van der Waals surface area contributed by atoms with E-state index in [9.17, 15) is 9.59 Å². The Hall–Kier alpha value is -3.29. The van der Waals surface area contributed by atoms with Gasteiger partial charge in [0.05, 0.1) is 22.4 Å². The maximum Gasteiger partial charge on any atom is 0.254 e. The molecule has 3 aromatic rings. The summed E-state index contributed by atoms with van der Waals surface area (Å²) >= 11 is 0. The number of hydrogen-bond acceptors (Lipinski definition) is 6. The highest BCUT2D eigenvalue weighted by Gasteiger charge is 2.35. The molecule has 1 aliphatic heterocycles. The van der Waals surface area contributed by atoms with Crippen LogP contribution in [0.25, 0.3) is 11.0 Å². The van der Waals surface area contributed by atoms with Gasteiger partial charge in [0.15, 0.2) is 5.82 Å². The van der Waals surface area contributed by atoms with Gasteiger partial charge in [0.1, 0.15) is 11.8 Å². The van der Waals surface area contributed by atoms with Crippen LogP contribution in [0.3, 0.4) is 0 Å². The van der Waals surface area contributed by atoms with E-state index in [0.717, 1.165) is 23.3 Å². The number of nitrogens with one attached hydrogen (secondary N) is 1. The largest absolute Gasteiger partial charge is 0.360 e. The third-order valence-electron chi connectivity index (χ3n) is 5.02. The lowest BCUT2D eigenvalue weighted by Gasteiger charge is -2.23. The van der Waals surface area contributed by atoms with Gasteiger partial charge < -0.3 is 14.7 Å². The third kappa shape index (κ3) is 3.33. The van der Waals surface area contributed by atoms with Gasteiger partial charge >= 0.3 is 0 Å². The zero-order valence-corrected chi connectivity index (χ0v) is 16.0. The van der Waals surface area contributed by atoms with Crippen LogP contribution in [-0.4, -0.2) is 44.4 Å². The van der Waals surface area contributed by atoms with E-state index in [0.29, 0.717) is 35.6 Å². The van der Waals surface area contributed by atoms with Gasteiger partial charge in [0, 0.05) is 18.2 Å². The highest BCUT2D eigenvalue weighted by atomic mass is 16.5. The minimum absolute atomic E-state index is 0.184. The molecule has 0 aliphatic carbocycles. The molecule has 144 valence electrons. The van der Waals surface area contributed by atoms with Crippen LogP contribution in [-0.2, 0) is 4.79 Å². The van der Waals surface area contributed by atoms with Gasteiger partial charge in [-0.1, -0.05) is 5.16 Å². The number of rotatable bonds is 3. The molecule has 0 bridgehead atoms. The number of anilines is 1. The van der Waals surface area contributed by atoms with Crippen molar-refractivity contribution in [2.24, 2.45) is 0 Å². The van der Waals surface area contributed by atoms with E-state index in [1.807, 2.05) is 13.8 Å². The van der Waals surface area contributed by atoms with E-state index in [1.54, 1.807) is 36.1 Å². The van der Waals surface area contributed by atoms with Crippen LogP contribution in [0, 0.1) is 20.8 Å². The maximum atomic E-state index is 13.1. The zero-order chi connectivity index (χ0) is 19.8. The summed E-state index contributed by atoms with van der Waals surface area (Å²) in [5, 5.41) is 6.50. The standard InChI is InChI=1S/C20H21N5O3/c1-11-9-18(24-28-11)23-19(26)17-5-4-8-25(17)20(27)14-6-7-15-16(10-14)22-13(3)12(2)21-15/h6-7,9-10,17H,4-5,8H2,1-3H3,(H,23,24,26)/t17-/m0/s1. The Labute approximate surface area is 161 Å². The first-order chi connectivity index (χ1) is 13.4. The van der Waals surface area contributed by atoms with E-state index < -0.39 is 6.04 Å². The Morgan fingerprint density at radius 3 is 2.57 bits per heavy atom. The number of carbonyl (C=O) groups excluding carboxylic acids is 2. The summed E-state index contributed by atoms with van der Waals surface area (Å²) < 4.78 is 4.97. The van der Waals surface area contributed by atoms with Crippen molar-refractivity contribution in [3.8, 4) is 0 Å². The Kier molecular flexibility index (Phi) is 4.54. The number of aromatic nitrogens is 3. The van der Waals surface area contributed by atoms with Gasteiger partial charge in [-0.25, -0.2) is 9.97 Å². The Balaban J connectivity index is 1.56. The monoisotopic (exact) mass is 379 g/mol. The van der Waals surface area contributed by atoms with Crippen LogP contribution in [0.1, 0.15) is 40.3 Å². The molecular formula is C20H21N5O3. The molecule has 0 unspecified atom stereocenters. The first-order valence-corrected chi connectivity index (χ1v) is 9.22. The van der Waals surface area contributed by atoms with Crippen LogP contribution >= 0.6 is 0 Å². The second-order valence-corrected chi connectivity index (χ2v) is 7.07. The minimum atomic E-state index is -0.536. The van der Waals surface area contributed by atoms with Gasteiger partial charge in [-0.15, -0.1) is 0 Å². The Morgan fingerprint density at radius 1 is 1.11 bits per heavy atom. The predicted molar refractivity (Wildman–Crippen MR) is 103 cm³/mol. The molecule has 3 heterocycles. The van der Waals surface area contributed by atoms with Gasteiger partial charge in [0.25, 0.3) is 5.91 Å². The van der Waals surface area contributed by atoms with E-state index in [-0.39, 0.29) is 11.8 Å². The van der Waals surface area contributed by atoms with Crippen molar-refractivity contribution < 1.29 is 14.1 Å². The summed E-state index contributed by atoms with van der Waals surface area (Å²) in [5.74, 6) is 0.521. The van der Waals surface area contributed by atoms with E-state index in [2.05, 4.69) is 20.4 Å². The normalized spacial score (nSPS) is 16.5. The summed E-state index contributed by atoms with van der Waals surface area (Å²) in [4.78, 5) is 36.4. The van der Waals surface area contributed by atoms with Crippen molar-refractivity contribution in [2.75, 3.05) is 11.9 Å². The van der Waals surface area contributed by atoms with Crippen LogP contribution in [0.15, 0.2) is 28.8 Å². The number of benzene rings is 1. The lowest BCUT2D eigenvalue weighted by molar-refractivity contribution is -0.119. The quantitative estimate of drug-likeness (QED) is 0.751. The molecule has 1 N–H and O–H groups in total. The molecule has 1 atom stereocenters. The fourth-order valence-electron chi connectivity index (χ4n) is 3.45. The smallest absolute Gasteiger partial charge is 0.254 e. The number of likely N-dealkylation sites (tertiary alicyclic amines) is 1. The number of amides is 2. The predicted octanol–water partition coefficient (Wildman–Crippen LogP) is 2.79. The minimum Gasteiger partial charge on any atom is -0.360 e. The first kappa shape index (κ1) is 18.1. The summed E-state index contributed by atoms with van der Waals surface area (Å²) in [6.07, 6.45) is 1.38. The second kappa shape index (κ2) is 7.03.